The highest BCUT2D eigenvalue weighted by Gasteiger charge is 2.11. The highest BCUT2D eigenvalue weighted by molar-refractivity contribution is 14.1. The van der Waals surface area contributed by atoms with Gasteiger partial charge in [0.05, 0.1) is 11.1 Å². The van der Waals surface area contributed by atoms with Crippen LogP contribution in [0.4, 0.5) is 5.69 Å². The summed E-state index contributed by atoms with van der Waals surface area (Å²) in [6, 6.07) is 11.0. The summed E-state index contributed by atoms with van der Waals surface area (Å²) in [5, 5.41) is 12.0. The summed E-state index contributed by atoms with van der Waals surface area (Å²) in [6.07, 6.45) is 0. The second-order valence-corrected chi connectivity index (χ2v) is 5.56. The maximum atomic E-state index is 12.1. The molecule has 6 heteroatoms. The largest absolute Gasteiger partial charge is 0.478 e. The number of carbonyl (C=O) groups excluding carboxylic acids is 1. The lowest BCUT2D eigenvalue weighted by Gasteiger charge is -2.07. The van der Waals surface area contributed by atoms with E-state index in [9.17, 15) is 9.59 Å². The molecule has 0 atom stereocenters. The number of hydrogen-bond acceptors (Lipinski definition) is 2. The van der Waals surface area contributed by atoms with E-state index in [1.54, 1.807) is 30.3 Å². The molecule has 0 spiro atoms. The molecule has 1 amide bonds. The van der Waals surface area contributed by atoms with Crippen LogP contribution in [0.15, 0.2) is 42.5 Å². The second-order valence-electron chi connectivity index (χ2n) is 3.96. The minimum Gasteiger partial charge on any atom is -0.478 e. The van der Waals surface area contributed by atoms with Gasteiger partial charge in [0.25, 0.3) is 5.91 Å². The Balaban J connectivity index is 2.19. The van der Waals surface area contributed by atoms with Crippen molar-refractivity contribution in [3.05, 3.63) is 62.2 Å². The Kier molecular flexibility index (Phi) is 4.61. The third kappa shape index (κ3) is 3.49. The lowest BCUT2D eigenvalue weighted by Crippen LogP contribution is -2.13. The van der Waals surface area contributed by atoms with Gasteiger partial charge in [0.1, 0.15) is 0 Å². The van der Waals surface area contributed by atoms with Crippen molar-refractivity contribution in [1.29, 1.82) is 0 Å². The van der Waals surface area contributed by atoms with Crippen LogP contribution in [0.25, 0.3) is 0 Å². The summed E-state index contributed by atoms with van der Waals surface area (Å²) in [6.45, 7) is 0. The number of hydrogen-bond donors (Lipinski definition) is 2. The molecule has 2 rings (SSSR count). The summed E-state index contributed by atoms with van der Waals surface area (Å²) < 4.78 is 0.784. The van der Waals surface area contributed by atoms with Crippen molar-refractivity contribution >= 4 is 51.8 Å². The Hall–Kier alpha value is -1.60. The Morgan fingerprint density at radius 3 is 2.35 bits per heavy atom. The molecule has 0 aliphatic carbocycles. The van der Waals surface area contributed by atoms with Gasteiger partial charge < -0.3 is 10.4 Å². The van der Waals surface area contributed by atoms with Crippen LogP contribution >= 0.6 is 34.2 Å². The first-order valence-electron chi connectivity index (χ1n) is 5.57. The van der Waals surface area contributed by atoms with Crippen LogP contribution in [0, 0.1) is 3.57 Å². The van der Waals surface area contributed by atoms with Crippen LogP contribution in [0.3, 0.4) is 0 Å². The third-order valence-electron chi connectivity index (χ3n) is 2.56. The van der Waals surface area contributed by atoms with Crippen molar-refractivity contribution in [2.24, 2.45) is 0 Å². The quantitative estimate of drug-likeness (QED) is 0.767. The van der Waals surface area contributed by atoms with Crippen molar-refractivity contribution in [3.63, 3.8) is 0 Å². The highest BCUT2D eigenvalue weighted by Crippen LogP contribution is 2.19. The smallest absolute Gasteiger partial charge is 0.335 e. The molecule has 2 aromatic carbocycles. The predicted molar refractivity (Wildman–Crippen MR) is 85.5 cm³/mol. The molecule has 0 aromatic heterocycles. The lowest BCUT2D eigenvalue weighted by molar-refractivity contribution is 0.0696. The molecule has 0 saturated heterocycles. The zero-order valence-electron chi connectivity index (χ0n) is 10.1. The van der Waals surface area contributed by atoms with Gasteiger partial charge in [-0.05, 0) is 65.1 Å². The number of carboxylic acid groups (broad SMARTS) is 1. The number of anilines is 1. The van der Waals surface area contributed by atoms with Gasteiger partial charge in [-0.3, -0.25) is 4.79 Å². The predicted octanol–water partition coefficient (Wildman–Crippen LogP) is 3.90. The Morgan fingerprint density at radius 1 is 1.10 bits per heavy atom. The molecule has 0 radical (unpaired) electrons. The normalized spacial score (nSPS) is 10.1. The van der Waals surface area contributed by atoms with Crippen LogP contribution in [0.2, 0.25) is 5.02 Å². The van der Waals surface area contributed by atoms with Crippen LogP contribution < -0.4 is 5.32 Å². The number of halogens is 2. The minimum atomic E-state index is -1.01. The first kappa shape index (κ1) is 14.8. The number of amides is 1. The molecular weight excluding hydrogens is 393 g/mol. The molecule has 20 heavy (non-hydrogen) atoms. The summed E-state index contributed by atoms with van der Waals surface area (Å²) >= 11 is 7.92. The molecule has 102 valence electrons. The van der Waals surface area contributed by atoms with E-state index in [-0.39, 0.29) is 11.5 Å². The number of aromatic carboxylic acids is 1. The number of benzene rings is 2. The molecule has 0 unspecified atom stereocenters. The molecular formula is C14H9ClINO3. The van der Waals surface area contributed by atoms with Crippen molar-refractivity contribution < 1.29 is 14.7 Å². The zero-order valence-corrected chi connectivity index (χ0v) is 13.0. The molecule has 0 aliphatic heterocycles. The van der Waals surface area contributed by atoms with Crippen molar-refractivity contribution in [3.8, 4) is 0 Å². The van der Waals surface area contributed by atoms with Crippen molar-refractivity contribution in [2.75, 3.05) is 5.32 Å². The van der Waals surface area contributed by atoms with Crippen molar-refractivity contribution in [2.45, 2.75) is 0 Å². The number of nitrogens with one attached hydrogen (secondary N) is 1. The SMILES string of the molecule is O=C(O)c1ccc(NC(=O)c2cc(Cl)ccc2I)cc1. The average Bonchev–Trinajstić information content (AvgIpc) is 2.42. The summed E-state index contributed by atoms with van der Waals surface area (Å²) in [4.78, 5) is 22.9. The zero-order chi connectivity index (χ0) is 14.7. The standard InChI is InChI=1S/C14H9ClINO3/c15-9-3-6-12(16)11(7-9)13(18)17-10-4-1-8(2-5-10)14(19)20/h1-7H,(H,17,18)(H,19,20). The summed E-state index contributed by atoms with van der Waals surface area (Å²) in [7, 11) is 0. The first-order chi connectivity index (χ1) is 9.47. The second kappa shape index (κ2) is 6.23. The maximum Gasteiger partial charge on any atom is 0.335 e. The number of rotatable bonds is 3. The van der Waals surface area contributed by atoms with Gasteiger partial charge in [-0.2, -0.15) is 0 Å². The highest BCUT2D eigenvalue weighted by atomic mass is 127. The van der Waals surface area contributed by atoms with Gasteiger partial charge >= 0.3 is 5.97 Å². The maximum absolute atomic E-state index is 12.1. The van der Waals surface area contributed by atoms with E-state index in [1.807, 2.05) is 0 Å². The van der Waals surface area contributed by atoms with Gasteiger partial charge in [-0.15, -0.1) is 0 Å². The van der Waals surface area contributed by atoms with E-state index < -0.39 is 5.97 Å². The molecule has 0 aliphatic rings. The van der Waals surface area contributed by atoms with Gasteiger partial charge in [0, 0.05) is 14.3 Å². The Bertz CT molecular complexity index is 671. The summed E-state index contributed by atoms with van der Waals surface area (Å²) in [5.41, 5.74) is 1.16. The van der Waals surface area contributed by atoms with Gasteiger partial charge in [0.2, 0.25) is 0 Å². The first-order valence-corrected chi connectivity index (χ1v) is 7.03. The lowest BCUT2D eigenvalue weighted by atomic mass is 10.2. The monoisotopic (exact) mass is 401 g/mol. The van der Waals surface area contributed by atoms with Gasteiger partial charge in [0.15, 0.2) is 0 Å². The molecule has 0 saturated carbocycles. The molecule has 0 fully saturated rings. The van der Waals surface area contributed by atoms with Crippen LogP contribution in [-0.4, -0.2) is 17.0 Å². The van der Waals surface area contributed by atoms with E-state index >= 15 is 0 Å². The molecule has 2 aromatic rings. The van der Waals surface area contributed by atoms with Crippen LogP contribution in [-0.2, 0) is 0 Å². The topological polar surface area (TPSA) is 66.4 Å². The minimum absolute atomic E-state index is 0.167. The van der Waals surface area contributed by atoms with Crippen LogP contribution in [0.5, 0.6) is 0 Å². The third-order valence-corrected chi connectivity index (χ3v) is 3.74. The Labute approximate surface area is 133 Å². The van der Waals surface area contributed by atoms with E-state index in [0.717, 1.165) is 3.57 Å². The molecule has 4 nitrogen and oxygen atoms in total. The average molecular weight is 402 g/mol. The number of carbonyl (C=O) groups is 2. The van der Waals surface area contributed by atoms with E-state index in [2.05, 4.69) is 27.9 Å². The van der Waals surface area contributed by atoms with E-state index in [4.69, 9.17) is 16.7 Å². The van der Waals surface area contributed by atoms with Gasteiger partial charge in [-0.25, -0.2) is 4.79 Å². The molecule has 0 bridgehead atoms. The fourth-order valence-corrected chi connectivity index (χ4v) is 2.32. The Morgan fingerprint density at radius 2 is 1.75 bits per heavy atom. The van der Waals surface area contributed by atoms with Crippen molar-refractivity contribution in [1.82, 2.24) is 0 Å². The number of carboxylic acids is 1. The fraction of sp³-hybridized carbons (Fsp3) is 0. The van der Waals surface area contributed by atoms with E-state index in [0.29, 0.717) is 16.3 Å². The van der Waals surface area contributed by atoms with Gasteiger partial charge in [-0.1, -0.05) is 11.6 Å². The van der Waals surface area contributed by atoms with E-state index in [1.165, 1.54) is 12.1 Å². The fourth-order valence-electron chi connectivity index (χ4n) is 1.57. The molecule has 0 heterocycles. The van der Waals surface area contributed by atoms with Crippen LogP contribution in [0.1, 0.15) is 20.7 Å². The summed E-state index contributed by atoms with van der Waals surface area (Å²) in [5.74, 6) is -1.30. The molecule has 2 N–H and O–H groups in total.